The molecule has 0 radical (unpaired) electrons. The van der Waals surface area contributed by atoms with Gasteiger partial charge in [-0.3, -0.25) is 19.2 Å². The lowest BCUT2D eigenvalue weighted by Crippen LogP contribution is -2.57. The van der Waals surface area contributed by atoms with Crippen LogP contribution in [0, 0.1) is 5.41 Å². The predicted octanol–water partition coefficient (Wildman–Crippen LogP) is 1.41. The number of hydrogen-bond donors (Lipinski definition) is 1. The van der Waals surface area contributed by atoms with E-state index in [0.717, 1.165) is 5.56 Å². The van der Waals surface area contributed by atoms with E-state index >= 15 is 0 Å². The molecule has 2 unspecified atom stereocenters. The van der Waals surface area contributed by atoms with Crippen LogP contribution in [0.5, 0.6) is 0 Å². The Hall–Kier alpha value is -3.05. The van der Waals surface area contributed by atoms with Crippen LogP contribution in [0.2, 0.25) is 0 Å². The van der Waals surface area contributed by atoms with E-state index in [1.54, 1.807) is 20.8 Å². The van der Waals surface area contributed by atoms with Crippen LogP contribution in [-0.4, -0.2) is 59.0 Å². The quantitative estimate of drug-likeness (QED) is 0.350. The number of carbonyl (C=O) groups excluding carboxylic acids is 4. The van der Waals surface area contributed by atoms with Gasteiger partial charge >= 0.3 is 23.6 Å². The summed E-state index contributed by atoms with van der Waals surface area (Å²) in [5, 5.41) is 3.64. The van der Waals surface area contributed by atoms with Gasteiger partial charge in [-0.1, -0.05) is 42.5 Å². The molecule has 1 amide bonds. The first kappa shape index (κ1) is 24.6. The molecule has 1 aromatic carbocycles. The van der Waals surface area contributed by atoms with Crippen LogP contribution in [0.4, 0.5) is 0 Å². The molecule has 2 fully saturated rings. The summed E-state index contributed by atoms with van der Waals surface area (Å²) in [7, 11) is 0. The van der Waals surface area contributed by atoms with Crippen LogP contribution < -0.4 is 5.32 Å². The zero-order chi connectivity index (χ0) is 24.2. The average Bonchev–Trinajstić information content (AvgIpc) is 3.31. The molecule has 2 aliphatic heterocycles. The molecule has 2 saturated heterocycles. The van der Waals surface area contributed by atoms with E-state index in [0.29, 0.717) is 16.5 Å². The third-order valence-corrected chi connectivity index (χ3v) is 5.26. The zero-order valence-electron chi connectivity index (χ0n) is 18.6. The summed E-state index contributed by atoms with van der Waals surface area (Å²) in [6, 6.07) is 8.59. The molecule has 178 valence electrons. The smallest absolute Gasteiger partial charge is 0.377 e. The fourth-order valence-corrected chi connectivity index (χ4v) is 3.54. The molecule has 0 saturated carbocycles. The monoisotopic (exact) mass is 478 g/mol. The molecule has 33 heavy (non-hydrogen) atoms. The lowest BCUT2D eigenvalue weighted by molar-refractivity contribution is -0.262. The Kier molecular flexibility index (Phi) is 7.33. The van der Waals surface area contributed by atoms with Gasteiger partial charge in [0.2, 0.25) is 6.79 Å². The normalized spacial score (nSPS) is 22.6. The number of esters is 3. The lowest BCUT2D eigenvalue weighted by Gasteiger charge is -2.32. The van der Waals surface area contributed by atoms with Gasteiger partial charge in [-0.2, -0.15) is 5.06 Å². The number of nitrogens with zero attached hydrogens (tertiary/aromatic N) is 1. The van der Waals surface area contributed by atoms with E-state index in [4.69, 9.17) is 31.3 Å². The molecule has 11 heteroatoms. The summed E-state index contributed by atoms with van der Waals surface area (Å²) in [4.78, 5) is 55.4. The van der Waals surface area contributed by atoms with Crippen molar-refractivity contribution in [2.24, 2.45) is 5.41 Å². The van der Waals surface area contributed by atoms with Crippen molar-refractivity contribution in [1.82, 2.24) is 10.4 Å². The molecular formula is C22H26N2O8S. The average molecular weight is 479 g/mol. The molecule has 1 aromatic rings. The van der Waals surface area contributed by atoms with Crippen LogP contribution in [0.1, 0.15) is 39.2 Å². The number of benzene rings is 1. The maximum Gasteiger partial charge on any atom is 0.377 e. The Morgan fingerprint density at radius 2 is 1.91 bits per heavy atom. The largest absolute Gasteiger partial charge is 0.427 e. The maximum atomic E-state index is 13.0. The lowest BCUT2D eigenvalue weighted by atomic mass is 9.98. The van der Waals surface area contributed by atoms with Gasteiger partial charge < -0.3 is 19.5 Å². The zero-order valence-corrected chi connectivity index (χ0v) is 19.4. The number of amides is 1. The number of ether oxygens (including phenoxy) is 3. The summed E-state index contributed by atoms with van der Waals surface area (Å²) >= 11 is 5.35. The Balaban J connectivity index is 1.64. The summed E-state index contributed by atoms with van der Waals surface area (Å²) in [6.07, 6.45) is 0.139. The number of carbonyl (C=O) groups is 4. The number of nitrogens with one attached hydrogen (secondary N) is 1. The summed E-state index contributed by atoms with van der Waals surface area (Å²) < 4.78 is 15.2. The molecular weight excluding hydrogens is 452 g/mol. The van der Waals surface area contributed by atoms with Crippen molar-refractivity contribution < 1.29 is 38.2 Å². The van der Waals surface area contributed by atoms with Gasteiger partial charge in [0.1, 0.15) is 12.6 Å². The molecule has 0 aliphatic carbocycles. The highest BCUT2D eigenvalue weighted by molar-refractivity contribution is 7.80. The van der Waals surface area contributed by atoms with E-state index < -0.39 is 47.8 Å². The van der Waals surface area contributed by atoms with Crippen LogP contribution in [0.3, 0.4) is 0 Å². The van der Waals surface area contributed by atoms with Crippen molar-refractivity contribution in [3.63, 3.8) is 0 Å². The number of hydroxylamine groups is 2. The maximum absolute atomic E-state index is 13.0. The third kappa shape index (κ3) is 5.66. The highest BCUT2D eigenvalue weighted by Gasteiger charge is 2.60. The Labute approximate surface area is 196 Å². The Bertz CT molecular complexity index is 945. The van der Waals surface area contributed by atoms with Gasteiger partial charge in [0.25, 0.3) is 5.91 Å². The first-order chi connectivity index (χ1) is 15.5. The number of thiocarbonyl (C=S) groups is 1. The molecule has 0 bridgehead atoms. The first-order valence-corrected chi connectivity index (χ1v) is 10.8. The minimum atomic E-state index is -2.10. The van der Waals surface area contributed by atoms with Gasteiger partial charge in [0, 0.05) is 12.8 Å². The highest BCUT2D eigenvalue weighted by Crippen LogP contribution is 2.35. The second-order valence-electron chi connectivity index (χ2n) is 8.70. The van der Waals surface area contributed by atoms with Gasteiger partial charge in [0.15, 0.2) is 0 Å². The van der Waals surface area contributed by atoms with Crippen molar-refractivity contribution in [2.75, 3.05) is 13.4 Å². The van der Waals surface area contributed by atoms with E-state index in [9.17, 15) is 19.2 Å². The minimum absolute atomic E-state index is 0.117. The second-order valence-corrected chi connectivity index (χ2v) is 9.19. The van der Waals surface area contributed by atoms with Crippen LogP contribution >= 0.6 is 12.2 Å². The number of cyclic esters (lactones) is 1. The van der Waals surface area contributed by atoms with Crippen molar-refractivity contribution >= 4 is 41.0 Å². The molecule has 10 nitrogen and oxygen atoms in total. The van der Waals surface area contributed by atoms with Crippen molar-refractivity contribution in [3.05, 3.63) is 35.9 Å². The van der Waals surface area contributed by atoms with Crippen molar-refractivity contribution in [2.45, 2.75) is 51.8 Å². The van der Waals surface area contributed by atoms with E-state index in [2.05, 4.69) is 5.32 Å². The number of hydrogen-bond acceptors (Lipinski definition) is 9. The highest BCUT2D eigenvalue weighted by atomic mass is 32.1. The van der Waals surface area contributed by atoms with Gasteiger partial charge in [-0.15, -0.1) is 0 Å². The summed E-state index contributed by atoms with van der Waals surface area (Å²) in [6.45, 7) is 4.11. The van der Waals surface area contributed by atoms with E-state index in [-0.39, 0.29) is 19.4 Å². The number of rotatable bonds is 7. The first-order valence-electron chi connectivity index (χ1n) is 10.4. The van der Waals surface area contributed by atoms with Gasteiger partial charge in [0.05, 0.1) is 16.8 Å². The van der Waals surface area contributed by atoms with Gasteiger partial charge in [-0.05, 0) is 26.3 Å². The molecule has 2 atom stereocenters. The van der Waals surface area contributed by atoms with Crippen molar-refractivity contribution in [1.29, 1.82) is 0 Å². The SMILES string of the molecule is CC(C)(C)C(=O)OCOC(=O)C1(N2OCC(NC(=S)Cc3ccccc3)C2=O)CCC(=O)O1. The Morgan fingerprint density at radius 3 is 2.52 bits per heavy atom. The molecule has 0 aromatic heterocycles. The van der Waals surface area contributed by atoms with Gasteiger partial charge in [-0.25, -0.2) is 4.79 Å². The van der Waals surface area contributed by atoms with Crippen LogP contribution in [-0.2, 0) is 44.6 Å². The van der Waals surface area contributed by atoms with Crippen LogP contribution in [0.25, 0.3) is 0 Å². The van der Waals surface area contributed by atoms with Crippen LogP contribution in [0.15, 0.2) is 30.3 Å². The van der Waals surface area contributed by atoms with E-state index in [1.807, 2.05) is 30.3 Å². The fraction of sp³-hybridized carbons (Fsp3) is 0.500. The second kappa shape index (κ2) is 9.84. The van der Waals surface area contributed by atoms with E-state index in [1.165, 1.54) is 0 Å². The molecule has 3 rings (SSSR count). The van der Waals surface area contributed by atoms with Crippen molar-refractivity contribution in [3.8, 4) is 0 Å². The summed E-state index contributed by atoms with van der Waals surface area (Å²) in [5.41, 5.74) is -1.93. The Morgan fingerprint density at radius 1 is 1.21 bits per heavy atom. The molecule has 1 N–H and O–H groups in total. The standard InChI is InChI=1S/C22H26N2O8S/c1-21(2,3)19(27)29-13-30-20(28)22(10-9-17(25)32-22)24-18(26)15(12-31-24)23-16(33)11-14-7-5-4-6-8-14/h4-8,15H,9-13H2,1-3H3,(H,23,33). The minimum Gasteiger partial charge on any atom is -0.427 e. The molecule has 2 heterocycles. The summed E-state index contributed by atoms with van der Waals surface area (Å²) in [5.74, 6) is -2.98. The third-order valence-electron chi connectivity index (χ3n) is 5.00. The predicted molar refractivity (Wildman–Crippen MR) is 117 cm³/mol. The molecule has 0 spiro atoms. The fourth-order valence-electron chi connectivity index (χ4n) is 3.24. The molecule has 2 aliphatic rings. The topological polar surface area (TPSA) is 120 Å².